The van der Waals surface area contributed by atoms with Gasteiger partial charge in [0.15, 0.2) is 5.82 Å². The summed E-state index contributed by atoms with van der Waals surface area (Å²) >= 11 is 0. The van der Waals surface area contributed by atoms with Gasteiger partial charge in [-0.1, -0.05) is 164 Å². The smallest absolute Gasteiger partial charge is 0.160 e. The molecule has 0 amide bonds. The third-order valence-corrected chi connectivity index (χ3v) is 10.2. The maximum Gasteiger partial charge on any atom is 0.160 e. The highest BCUT2D eigenvalue weighted by molar-refractivity contribution is 6.24. The van der Waals surface area contributed by atoms with Crippen LogP contribution in [0.1, 0.15) is 0 Å². The van der Waals surface area contributed by atoms with Gasteiger partial charge in [-0.2, -0.15) is 0 Å². The fourth-order valence-electron chi connectivity index (χ4n) is 7.66. The van der Waals surface area contributed by atoms with E-state index in [4.69, 9.17) is 15.0 Å². The summed E-state index contributed by atoms with van der Waals surface area (Å²) in [5, 5.41) is 5.76. The molecule has 2 heterocycles. The van der Waals surface area contributed by atoms with Crippen LogP contribution in [0, 0.1) is 0 Å². The first-order valence-electron chi connectivity index (χ1n) is 18.5. The Kier molecular flexibility index (Phi) is 8.12. The van der Waals surface area contributed by atoms with E-state index >= 15 is 0 Å². The Balaban J connectivity index is 1.23. The van der Waals surface area contributed by atoms with E-state index in [1.165, 1.54) is 16.2 Å². The summed E-state index contributed by atoms with van der Waals surface area (Å²) in [5.74, 6) is 0.664. The third-order valence-electron chi connectivity index (χ3n) is 10.2. The number of rotatable bonds is 7. The minimum atomic E-state index is 0.664. The number of benzene rings is 8. The van der Waals surface area contributed by atoms with Crippen molar-refractivity contribution in [2.45, 2.75) is 0 Å². The fraction of sp³-hybridized carbons (Fsp3) is 0. The number of aromatic nitrogens is 3. The van der Waals surface area contributed by atoms with Gasteiger partial charge >= 0.3 is 0 Å². The van der Waals surface area contributed by atoms with Crippen molar-refractivity contribution >= 4 is 49.5 Å². The van der Waals surface area contributed by atoms with Gasteiger partial charge in [0, 0.05) is 49.8 Å². The molecule has 0 unspecified atom stereocenters. The number of para-hydroxylation sites is 3. The second-order valence-electron chi connectivity index (χ2n) is 13.6. The maximum atomic E-state index is 5.63. The Labute approximate surface area is 319 Å². The first-order valence-corrected chi connectivity index (χ1v) is 18.5. The fourth-order valence-corrected chi connectivity index (χ4v) is 7.66. The van der Waals surface area contributed by atoms with Gasteiger partial charge in [0.1, 0.15) is 0 Å². The van der Waals surface area contributed by atoms with Crippen molar-refractivity contribution in [2.75, 3.05) is 4.90 Å². The van der Waals surface area contributed by atoms with Crippen molar-refractivity contribution in [3.05, 3.63) is 206 Å². The van der Waals surface area contributed by atoms with Gasteiger partial charge in [-0.15, -0.1) is 0 Å². The van der Waals surface area contributed by atoms with Gasteiger partial charge in [0.05, 0.1) is 28.3 Å². The van der Waals surface area contributed by atoms with E-state index in [-0.39, 0.29) is 0 Å². The average Bonchev–Trinajstić information content (AvgIpc) is 3.27. The SMILES string of the molecule is c1ccc(-c2cc(-c3ccccc3)nc(-c3cccc(-c4nc5c(N(c6ccccc6)c6ccccc6)cccc5c5c4ccc4ccccc45)c3)n2)cc1. The molecule has 0 saturated carbocycles. The average molecular weight is 703 g/mol. The molecule has 0 radical (unpaired) electrons. The van der Waals surface area contributed by atoms with Gasteiger partial charge in [0.25, 0.3) is 0 Å². The number of hydrogen-bond donors (Lipinski definition) is 0. The molecular weight excluding hydrogens is 669 g/mol. The van der Waals surface area contributed by atoms with Gasteiger partial charge < -0.3 is 4.90 Å². The molecule has 0 saturated heterocycles. The summed E-state index contributed by atoms with van der Waals surface area (Å²) in [6, 6.07) is 71.9. The normalized spacial score (nSPS) is 11.3. The Hall–Kier alpha value is -7.43. The summed E-state index contributed by atoms with van der Waals surface area (Å²) in [5.41, 5.74) is 10.7. The van der Waals surface area contributed by atoms with E-state index in [0.29, 0.717) is 5.82 Å². The molecule has 10 aromatic rings. The predicted octanol–water partition coefficient (Wildman–Crippen LogP) is 13.5. The summed E-state index contributed by atoms with van der Waals surface area (Å²) in [6.07, 6.45) is 0. The zero-order chi connectivity index (χ0) is 36.6. The van der Waals surface area contributed by atoms with Crippen LogP contribution >= 0.6 is 0 Å². The van der Waals surface area contributed by atoms with E-state index in [1.807, 2.05) is 36.4 Å². The Bertz CT molecular complexity index is 2870. The molecule has 0 aliphatic carbocycles. The zero-order valence-electron chi connectivity index (χ0n) is 29.9. The lowest BCUT2D eigenvalue weighted by atomic mass is 9.94. The third kappa shape index (κ3) is 5.96. The van der Waals surface area contributed by atoms with Crippen molar-refractivity contribution in [1.82, 2.24) is 15.0 Å². The maximum absolute atomic E-state index is 5.63. The van der Waals surface area contributed by atoms with Crippen molar-refractivity contribution < 1.29 is 0 Å². The van der Waals surface area contributed by atoms with Crippen LogP contribution in [-0.2, 0) is 0 Å². The van der Waals surface area contributed by atoms with Crippen LogP contribution in [0.25, 0.3) is 77.6 Å². The van der Waals surface area contributed by atoms with Crippen molar-refractivity contribution in [1.29, 1.82) is 0 Å². The largest absolute Gasteiger partial charge is 0.308 e. The molecule has 0 N–H and O–H groups in total. The van der Waals surface area contributed by atoms with E-state index in [0.717, 1.165) is 72.7 Å². The quantitative estimate of drug-likeness (QED) is 0.155. The number of fused-ring (bicyclic) bond motifs is 5. The van der Waals surface area contributed by atoms with E-state index in [2.05, 4.69) is 175 Å². The van der Waals surface area contributed by atoms with Crippen LogP contribution in [0.4, 0.5) is 17.1 Å². The highest BCUT2D eigenvalue weighted by atomic mass is 15.1. The first-order chi connectivity index (χ1) is 27.3. The Morgan fingerprint density at radius 3 is 1.53 bits per heavy atom. The summed E-state index contributed by atoms with van der Waals surface area (Å²) in [7, 11) is 0. The molecule has 0 aliphatic heterocycles. The molecule has 0 bridgehead atoms. The van der Waals surface area contributed by atoms with Gasteiger partial charge in [-0.05, 0) is 53.2 Å². The number of nitrogens with zero attached hydrogens (tertiary/aromatic N) is 4. The van der Waals surface area contributed by atoms with Gasteiger partial charge in [-0.3, -0.25) is 0 Å². The molecule has 0 fully saturated rings. The highest BCUT2D eigenvalue weighted by Gasteiger charge is 2.21. The molecule has 0 atom stereocenters. The second kappa shape index (κ2) is 13.8. The molecule has 4 heteroatoms. The number of anilines is 3. The summed E-state index contributed by atoms with van der Waals surface area (Å²) in [4.78, 5) is 18.2. The Morgan fingerprint density at radius 2 is 0.873 bits per heavy atom. The van der Waals surface area contributed by atoms with Crippen LogP contribution in [-0.4, -0.2) is 15.0 Å². The molecule has 258 valence electrons. The van der Waals surface area contributed by atoms with Crippen molar-refractivity contribution in [2.24, 2.45) is 0 Å². The molecule has 55 heavy (non-hydrogen) atoms. The molecular formula is C51H34N4. The predicted molar refractivity (Wildman–Crippen MR) is 229 cm³/mol. The standard InChI is InChI=1S/C51H34N4/c1-5-18-36(19-6-1)45-34-46(37-20-7-2-8-21-37)53-51(52-45)39-23-15-22-38(33-39)49-44-32-31-35-17-13-14-28-42(35)48(44)43-29-16-30-47(50(43)54-49)55(40-24-9-3-10-25-40)41-26-11-4-12-27-41/h1-34H. The highest BCUT2D eigenvalue weighted by Crippen LogP contribution is 2.44. The minimum Gasteiger partial charge on any atom is -0.308 e. The molecule has 0 spiro atoms. The van der Waals surface area contributed by atoms with Crippen LogP contribution in [0.15, 0.2) is 206 Å². The number of hydrogen-bond acceptors (Lipinski definition) is 4. The molecule has 8 aromatic carbocycles. The monoisotopic (exact) mass is 702 g/mol. The lowest BCUT2D eigenvalue weighted by Crippen LogP contribution is -2.11. The topological polar surface area (TPSA) is 41.9 Å². The lowest BCUT2D eigenvalue weighted by molar-refractivity contribution is 1.18. The lowest BCUT2D eigenvalue weighted by Gasteiger charge is -2.27. The minimum absolute atomic E-state index is 0.664. The summed E-state index contributed by atoms with van der Waals surface area (Å²) < 4.78 is 0. The second-order valence-corrected chi connectivity index (χ2v) is 13.6. The van der Waals surface area contributed by atoms with E-state index < -0.39 is 0 Å². The Morgan fingerprint density at radius 1 is 0.345 bits per heavy atom. The van der Waals surface area contributed by atoms with Crippen LogP contribution < -0.4 is 4.90 Å². The molecule has 10 rings (SSSR count). The zero-order valence-corrected chi connectivity index (χ0v) is 29.9. The molecule has 0 aliphatic rings. The number of pyridine rings is 1. The van der Waals surface area contributed by atoms with E-state index in [9.17, 15) is 0 Å². The van der Waals surface area contributed by atoms with Crippen LogP contribution in [0.2, 0.25) is 0 Å². The first kappa shape index (κ1) is 32.2. The van der Waals surface area contributed by atoms with Crippen molar-refractivity contribution in [3.8, 4) is 45.2 Å². The van der Waals surface area contributed by atoms with Crippen molar-refractivity contribution in [3.63, 3.8) is 0 Å². The van der Waals surface area contributed by atoms with Crippen LogP contribution in [0.3, 0.4) is 0 Å². The molecule has 2 aromatic heterocycles. The van der Waals surface area contributed by atoms with Gasteiger partial charge in [-0.25, -0.2) is 15.0 Å². The summed E-state index contributed by atoms with van der Waals surface area (Å²) in [6.45, 7) is 0. The van der Waals surface area contributed by atoms with E-state index in [1.54, 1.807) is 0 Å². The van der Waals surface area contributed by atoms with Crippen LogP contribution in [0.5, 0.6) is 0 Å². The van der Waals surface area contributed by atoms with Gasteiger partial charge in [0.2, 0.25) is 0 Å². The molecule has 4 nitrogen and oxygen atoms in total.